The number of guanidine groups is 1. The molecule has 0 unspecified atom stereocenters. The summed E-state index contributed by atoms with van der Waals surface area (Å²) in [5.41, 5.74) is 1.90. The molecule has 0 radical (unpaired) electrons. The van der Waals surface area contributed by atoms with Crippen molar-refractivity contribution in [2.24, 2.45) is 4.99 Å². The Kier molecular flexibility index (Phi) is 7.10. The van der Waals surface area contributed by atoms with Crippen LogP contribution < -0.4 is 10.6 Å². The highest BCUT2D eigenvalue weighted by Crippen LogP contribution is 2.12. The monoisotopic (exact) mass is 502 g/mol. The van der Waals surface area contributed by atoms with Crippen molar-refractivity contribution in [3.05, 3.63) is 59.2 Å². The van der Waals surface area contributed by atoms with Gasteiger partial charge in [0.15, 0.2) is 5.96 Å². The van der Waals surface area contributed by atoms with Gasteiger partial charge in [0.2, 0.25) is 0 Å². The largest absolute Gasteiger partial charge is 0.355 e. The maximum Gasteiger partial charge on any atom is 0.191 e. The Morgan fingerprint density at radius 3 is 2.75 bits per heavy atom. The van der Waals surface area contributed by atoms with E-state index >= 15 is 0 Å². The first-order valence-corrected chi connectivity index (χ1v) is 8.22. The summed E-state index contributed by atoms with van der Waals surface area (Å²) in [5.74, 6) is 0.774. The van der Waals surface area contributed by atoms with Crippen LogP contribution in [0.2, 0.25) is 0 Å². The number of rotatable bonds is 5. The number of pyridine rings is 1. The first kappa shape index (κ1) is 18.8. The van der Waals surface area contributed by atoms with Gasteiger partial charge in [-0.05, 0) is 40.2 Å². The molecule has 0 aliphatic heterocycles. The molecule has 0 bridgehead atoms. The molecule has 0 aliphatic carbocycles. The van der Waals surface area contributed by atoms with Gasteiger partial charge in [-0.1, -0.05) is 0 Å². The highest BCUT2D eigenvalue weighted by molar-refractivity contribution is 14.0. The number of aromatic nitrogens is 3. The van der Waals surface area contributed by atoms with Crippen molar-refractivity contribution in [3.63, 3.8) is 0 Å². The highest BCUT2D eigenvalue weighted by atomic mass is 127. The molecule has 24 heavy (non-hydrogen) atoms. The standard InChI is InChI=1S/C16H19BrN6.HI/c1-18-16(19-6-9-22-7-2-3-8-22)20-10-14-12-23-11-13(17)4-5-15(23)21-14;/h2-5,7-8,11-12H,6,9-10H2,1H3,(H2,18,19,20);1H. The smallest absolute Gasteiger partial charge is 0.191 e. The van der Waals surface area contributed by atoms with Gasteiger partial charge < -0.3 is 19.6 Å². The second-order valence-corrected chi connectivity index (χ2v) is 6.03. The second-order valence-electron chi connectivity index (χ2n) is 5.12. The van der Waals surface area contributed by atoms with E-state index in [-0.39, 0.29) is 24.0 Å². The van der Waals surface area contributed by atoms with E-state index in [4.69, 9.17) is 0 Å². The number of halogens is 2. The van der Waals surface area contributed by atoms with Crippen LogP contribution in [0, 0.1) is 0 Å². The average molecular weight is 503 g/mol. The third kappa shape index (κ3) is 4.97. The van der Waals surface area contributed by atoms with Gasteiger partial charge >= 0.3 is 0 Å². The van der Waals surface area contributed by atoms with Gasteiger partial charge in [-0.25, -0.2) is 4.98 Å². The summed E-state index contributed by atoms with van der Waals surface area (Å²) in [5, 5.41) is 6.58. The van der Waals surface area contributed by atoms with E-state index in [0.29, 0.717) is 6.54 Å². The average Bonchev–Trinajstić information content (AvgIpc) is 3.19. The van der Waals surface area contributed by atoms with E-state index in [0.717, 1.165) is 34.9 Å². The van der Waals surface area contributed by atoms with Crippen LogP contribution in [0.25, 0.3) is 5.65 Å². The van der Waals surface area contributed by atoms with Gasteiger partial charge in [-0.15, -0.1) is 24.0 Å². The quantitative estimate of drug-likeness (QED) is 0.320. The topological polar surface area (TPSA) is 58.7 Å². The first-order chi connectivity index (χ1) is 11.2. The summed E-state index contributed by atoms with van der Waals surface area (Å²) in [6, 6.07) is 8.02. The molecule has 6 nitrogen and oxygen atoms in total. The van der Waals surface area contributed by atoms with E-state index in [1.165, 1.54) is 0 Å². The fraction of sp³-hybridized carbons (Fsp3) is 0.250. The van der Waals surface area contributed by atoms with Crippen LogP contribution in [0.1, 0.15) is 5.69 Å². The predicted molar refractivity (Wildman–Crippen MR) is 111 cm³/mol. The van der Waals surface area contributed by atoms with Crippen LogP contribution in [0.15, 0.2) is 58.5 Å². The molecule has 0 aromatic carbocycles. The van der Waals surface area contributed by atoms with Gasteiger partial charge in [-0.3, -0.25) is 4.99 Å². The highest BCUT2D eigenvalue weighted by Gasteiger charge is 2.03. The third-order valence-electron chi connectivity index (χ3n) is 3.45. The molecule has 8 heteroatoms. The number of nitrogens with zero attached hydrogens (tertiary/aromatic N) is 4. The molecule has 3 aromatic heterocycles. The molecule has 0 saturated carbocycles. The van der Waals surface area contributed by atoms with Crippen LogP contribution in [0.5, 0.6) is 0 Å². The minimum atomic E-state index is 0. The zero-order chi connectivity index (χ0) is 16.1. The van der Waals surface area contributed by atoms with E-state index in [9.17, 15) is 0 Å². The lowest BCUT2D eigenvalue weighted by atomic mass is 10.5. The van der Waals surface area contributed by atoms with Crippen LogP contribution in [0.3, 0.4) is 0 Å². The van der Waals surface area contributed by atoms with E-state index in [2.05, 4.69) is 41.1 Å². The Hall–Kier alpha value is -1.55. The predicted octanol–water partition coefficient (Wildman–Crippen LogP) is 2.88. The summed E-state index contributed by atoms with van der Waals surface area (Å²) in [6.45, 7) is 2.34. The zero-order valence-corrected chi connectivity index (χ0v) is 17.2. The lowest BCUT2D eigenvalue weighted by Crippen LogP contribution is -2.38. The Bertz CT molecular complexity index is 796. The molecular weight excluding hydrogens is 483 g/mol. The fourth-order valence-electron chi connectivity index (χ4n) is 2.32. The summed E-state index contributed by atoms with van der Waals surface area (Å²) in [7, 11) is 1.77. The lowest BCUT2D eigenvalue weighted by molar-refractivity contribution is 0.664. The summed E-state index contributed by atoms with van der Waals surface area (Å²) >= 11 is 3.46. The van der Waals surface area contributed by atoms with Crippen molar-refractivity contribution in [1.82, 2.24) is 24.6 Å². The zero-order valence-electron chi connectivity index (χ0n) is 13.3. The maximum absolute atomic E-state index is 4.57. The van der Waals surface area contributed by atoms with Crippen LogP contribution in [-0.4, -0.2) is 33.5 Å². The molecule has 0 atom stereocenters. The fourth-order valence-corrected chi connectivity index (χ4v) is 2.67. The molecule has 0 fully saturated rings. The Morgan fingerprint density at radius 2 is 2.00 bits per heavy atom. The Morgan fingerprint density at radius 1 is 1.21 bits per heavy atom. The number of fused-ring (bicyclic) bond motifs is 1. The number of nitrogens with one attached hydrogen (secondary N) is 2. The van der Waals surface area contributed by atoms with Gasteiger partial charge in [0.1, 0.15) is 5.65 Å². The molecule has 0 spiro atoms. The number of hydrogen-bond acceptors (Lipinski definition) is 2. The first-order valence-electron chi connectivity index (χ1n) is 7.43. The van der Waals surface area contributed by atoms with E-state index < -0.39 is 0 Å². The Labute approximate surface area is 166 Å². The number of aliphatic imine (C=N–C) groups is 1. The minimum absolute atomic E-state index is 0. The molecule has 0 aliphatic rings. The van der Waals surface area contributed by atoms with Crippen molar-refractivity contribution in [3.8, 4) is 0 Å². The van der Waals surface area contributed by atoms with Crippen molar-refractivity contribution < 1.29 is 0 Å². The van der Waals surface area contributed by atoms with Gasteiger partial charge in [-0.2, -0.15) is 0 Å². The van der Waals surface area contributed by atoms with Crippen molar-refractivity contribution >= 4 is 51.5 Å². The van der Waals surface area contributed by atoms with Gasteiger partial charge in [0.05, 0.1) is 12.2 Å². The molecular formula is C16H20BrIN6. The van der Waals surface area contributed by atoms with E-state index in [1.807, 2.05) is 53.5 Å². The molecule has 3 aromatic rings. The Balaban J connectivity index is 0.00000208. The molecule has 3 heterocycles. The molecule has 0 saturated heterocycles. The normalized spacial score (nSPS) is 11.3. The lowest BCUT2D eigenvalue weighted by Gasteiger charge is -2.11. The third-order valence-corrected chi connectivity index (χ3v) is 3.92. The molecule has 3 rings (SSSR count). The minimum Gasteiger partial charge on any atom is -0.355 e. The maximum atomic E-state index is 4.57. The van der Waals surface area contributed by atoms with Crippen LogP contribution in [-0.2, 0) is 13.1 Å². The summed E-state index contributed by atoms with van der Waals surface area (Å²) < 4.78 is 5.16. The van der Waals surface area contributed by atoms with Crippen molar-refractivity contribution in [2.45, 2.75) is 13.1 Å². The summed E-state index contributed by atoms with van der Waals surface area (Å²) in [6.07, 6.45) is 8.11. The van der Waals surface area contributed by atoms with Gasteiger partial charge in [0, 0.05) is 49.4 Å². The molecule has 2 N–H and O–H groups in total. The van der Waals surface area contributed by atoms with Crippen molar-refractivity contribution in [1.29, 1.82) is 0 Å². The number of imidazole rings is 1. The van der Waals surface area contributed by atoms with Crippen molar-refractivity contribution in [2.75, 3.05) is 13.6 Å². The van der Waals surface area contributed by atoms with Crippen LogP contribution >= 0.6 is 39.9 Å². The van der Waals surface area contributed by atoms with E-state index in [1.54, 1.807) is 7.05 Å². The van der Waals surface area contributed by atoms with Crippen LogP contribution in [0.4, 0.5) is 0 Å². The van der Waals surface area contributed by atoms with Gasteiger partial charge in [0.25, 0.3) is 0 Å². The molecule has 0 amide bonds. The molecule has 128 valence electrons. The second kappa shape index (κ2) is 9.07. The summed E-state index contributed by atoms with van der Waals surface area (Å²) in [4.78, 5) is 8.81. The number of hydrogen-bond donors (Lipinski definition) is 2. The SMILES string of the molecule is CN=C(NCCn1cccc1)NCc1cn2cc(Br)ccc2n1.I.